The van der Waals surface area contributed by atoms with Gasteiger partial charge in [-0.3, -0.25) is 14.3 Å². The van der Waals surface area contributed by atoms with Gasteiger partial charge in [-0.25, -0.2) is 4.79 Å². The summed E-state index contributed by atoms with van der Waals surface area (Å²) >= 11 is 0. The smallest absolute Gasteiger partial charge is 0.325 e. The highest BCUT2D eigenvalue weighted by atomic mass is 16.3. The van der Waals surface area contributed by atoms with Gasteiger partial charge in [0, 0.05) is 30.4 Å². The van der Waals surface area contributed by atoms with Crippen molar-refractivity contribution < 1.29 is 9.90 Å². The van der Waals surface area contributed by atoms with Crippen molar-refractivity contribution in [3.8, 4) is 5.75 Å². The molecule has 2 heterocycles. The van der Waals surface area contributed by atoms with Crippen LogP contribution in [0.2, 0.25) is 0 Å². The summed E-state index contributed by atoms with van der Waals surface area (Å²) in [4.78, 5) is 30.8. The fraction of sp³-hybridized carbons (Fsp3) is 0.278. The number of benzene rings is 1. The van der Waals surface area contributed by atoms with Gasteiger partial charge in [0.1, 0.15) is 17.0 Å². The summed E-state index contributed by atoms with van der Waals surface area (Å²) in [5.41, 5.74) is 0.960. The fourth-order valence-corrected chi connectivity index (χ4v) is 2.87. The minimum atomic E-state index is -0.427. The van der Waals surface area contributed by atoms with Gasteiger partial charge in [0.15, 0.2) is 0 Å². The monoisotopic (exact) mass is 340 g/mol. The molecule has 0 aliphatic carbocycles. The zero-order valence-electron chi connectivity index (χ0n) is 14.3. The molecule has 0 aliphatic heterocycles. The number of phenolic OH excluding ortho intramolecular Hbond substituents is 1. The van der Waals surface area contributed by atoms with E-state index in [1.165, 1.54) is 17.8 Å². The highest BCUT2D eigenvalue weighted by Gasteiger charge is 2.24. The Hall–Kier alpha value is -3.09. The third-order valence-electron chi connectivity index (χ3n) is 4.30. The van der Waals surface area contributed by atoms with Crippen molar-refractivity contribution in [3.05, 3.63) is 58.4 Å². The van der Waals surface area contributed by atoms with E-state index in [-0.39, 0.29) is 29.0 Å². The van der Waals surface area contributed by atoms with Gasteiger partial charge in [-0.1, -0.05) is 32.0 Å². The molecule has 3 aromatic rings. The van der Waals surface area contributed by atoms with Crippen molar-refractivity contribution in [1.82, 2.24) is 19.9 Å². The van der Waals surface area contributed by atoms with E-state index in [0.717, 1.165) is 5.39 Å². The van der Waals surface area contributed by atoms with Crippen molar-refractivity contribution in [2.75, 3.05) is 0 Å². The maximum atomic E-state index is 12.6. The first-order valence-corrected chi connectivity index (χ1v) is 8.02. The normalized spacial score (nSPS) is 12.5. The van der Waals surface area contributed by atoms with Crippen LogP contribution in [0.4, 0.5) is 0 Å². The standard InChI is InChI=1S/C18H20N4O3/c1-10(2)14(21-17(24)13-9-20-18(25)22(13)3)12-7-6-11-5-4-8-19-15(11)16(12)23/h4-10,14,23H,1-3H3,(H,20,25)(H,21,24). The number of fused-ring (bicyclic) bond motifs is 1. The molecule has 0 saturated carbocycles. The number of imidazole rings is 1. The highest BCUT2D eigenvalue weighted by Crippen LogP contribution is 2.34. The molecule has 130 valence electrons. The molecule has 0 bridgehead atoms. The Labute approximate surface area is 144 Å². The molecule has 7 nitrogen and oxygen atoms in total. The predicted octanol–water partition coefficient (Wildman–Crippen LogP) is 2.09. The van der Waals surface area contributed by atoms with Crippen LogP contribution in [0.15, 0.2) is 41.5 Å². The molecule has 3 N–H and O–H groups in total. The van der Waals surface area contributed by atoms with Gasteiger partial charge in [-0.05, 0) is 12.0 Å². The van der Waals surface area contributed by atoms with Gasteiger partial charge in [-0.2, -0.15) is 0 Å². The Bertz CT molecular complexity index is 987. The molecule has 1 unspecified atom stereocenters. The molecule has 1 atom stereocenters. The Balaban J connectivity index is 1.99. The Morgan fingerprint density at radius 3 is 2.72 bits per heavy atom. The van der Waals surface area contributed by atoms with E-state index in [9.17, 15) is 14.7 Å². The van der Waals surface area contributed by atoms with Gasteiger partial charge in [0.25, 0.3) is 5.91 Å². The number of pyridine rings is 1. The van der Waals surface area contributed by atoms with Crippen molar-refractivity contribution >= 4 is 16.8 Å². The van der Waals surface area contributed by atoms with E-state index in [0.29, 0.717) is 11.1 Å². The lowest BCUT2D eigenvalue weighted by Gasteiger charge is -2.24. The number of nitrogens with zero attached hydrogens (tertiary/aromatic N) is 2. The number of hydrogen-bond acceptors (Lipinski definition) is 4. The zero-order valence-corrected chi connectivity index (χ0v) is 14.3. The Morgan fingerprint density at radius 1 is 1.32 bits per heavy atom. The number of nitrogens with one attached hydrogen (secondary N) is 2. The minimum Gasteiger partial charge on any atom is -0.505 e. The summed E-state index contributed by atoms with van der Waals surface area (Å²) in [6.07, 6.45) is 2.99. The number of amides is 1. The summed E-state index contributed by atoms with van der Waals surface area (Å²) in [5.74, 6) is -0.313. The Morgan fingerprint density at radius 2 is 2.08 bits per heavy atom. The van der Waals surface area contributed by atoms with Crippen molar-refractivity contribution in [2.24, 2.45) is 13.0 Å². The molecule has 1 aromatic carbocycles. The SMILES string of the molecule is CC(C)C(NC(=O)c1c[nH]c(=O)n1C)c1ccc2cccnc2c1O. The van der Waals surface area contributed by atoms with Crippen molar-refractivity contribution in [2.45, 2.75) is 19.9 Å². The topological polar surface area (TPSA) is 100 Å². The lowest BCUT2D eigenvalue weighted by Crippen LogP contribution is -2.33. The van der Waals surface area contributed by atoms with Gasteiger partial charge in [-0.15, -0.1) is 0 Å². The fourth-order valence-electron chi connectivity index (χ4n) is 2.87. The number of aromatic hydroxyl groups is 1. The quantitative estimate of drug-likeness (QED) is 0.677. The Kier molecular flexibility index (Phi) is 4.31. The molecule has 0 spiro atoms. The van der Waals surface area contributed by atoms with Crippen LogP contribution in [0.1, 0.15) is 35.9 Å². The summed E-state index contributed by atoms with van der Waals surface area (Å²) in [7, 11) is 1.52. The highest BCUT2D eigenvalue weighted by molar-refractivity contribution is 5.93. The number of H-pyrrole nitrogens is 1. The van der Waals surface area contributed by atoms with Gasteiger partial charge >= 0.3 is 5.69 Å². The molecule has 25 heavy (non-hydrogen) atoms. The first-order valence-electron chi connectivity index (χ1n) is 8.02. The van der Waals surface area contributed by atoms with Crippen LogP contribution in [0.3, 0.4) is 0 Å². The minimum absolute atomic E-state index is 0.0204. The predicted molar refractivity (Wildman–Crippen MR) is 94.5 cm³/mol. The van der Waals surface area contributed by atoms with Gasteiger partial charge in [0.2, 0.25) is 0 Å². The summed E-state index contributed by atoms with van der Waals surface area (Å²) in [5, 5.41) is 14.4. The van der Waals surface area contributed by atoms with E-state index in [1.807, 2.05) is 26.0 Å². The summed E-state index contributed by atoms with van der Waals surface area (Å²) in [6.45, 7) is 3.90. The molecule has 2 aromatic heterocycles. The van der Waals surface area contributed by atoms with Crippen LogP contribution in [-0.2, 0) is 7.05 Å². The maximum Gasteiger partial charge on any atom is 0.325 e. The second-order valence-corrected chi connectivity index (χ2v) is 6.31. The van der Waals surface area contributed by atoms with Crippen LogP contribution in [0.25, 0.3) is 10.9 Å². The van der Waals surface area contributed by atoms with Crippen molar-refractivity contribution in [1.29, 1.82) is 0 Å². The average Bonchev–Trinajstić information content (AvgIpc) is 2.93. The van der Waals surface area contributed by atoms with E-state index < -0.39 is 6.04 Å². The second-order valence-electron chi connectivity index (χ2n) is 6.31. The van der Waals surface area contributed by atoms with E-state index in [1.54, 1.807) is 18.3 Å². The van der Waals surface area contributed by atoms with E-state index >= 15 is 0 Å². The first-order chi connectivity index (χ1) is 11.9. The average molecular weight is 340 g/mol. The number of aromatic nitrogens is 3. The number of aromatic amines is 1. The third-order valence-corrected chi connectivity index (χ3v) is 4.30. The number of carbonyl (C=O) groups is 1. The lowest BCUT2D eigenvalue weighted by atomic mass is 9.94. The molecule has 7 heteroatoms. The van der Waals surface area contributed by atoms with Crippen LogP contribution in [0, 0.1) is 5.92 Å². The molecular formula is C18H20N4O3. The first kappa shape index (κ1) is 16.8. The van der Waals surface area contributed by atoms with Crippen molar-refractivity contribution in [3.63, 3.8) is 0 Å². The van der Waals surface area contributed by atoms with Crippen LogP contribution < -0.4 is 11.0 Å². The molecule has 1 amide bonds. The molecule has 0 fully saturated rings. The van der Waals surface area contributed by atoms with Crippen LogP contribution in [-0.4, -0.2) is 25.5 Å². The van der Waals surface area contributed by atoms with Crippen LogP contribution in [0.5, 0.6) is 5.75 Å². The van der Waals surface area contributed by atoms with Gasteiger partial charge in [0.05, 0.1) is 6.04 Å². The summed E-state index contributed by atoms with van der Waals surface area (Å²) in [6, 6.07) is 6.90. The number of carbonyl (C=O) groups excluding carboxylic acids is 1. The van der Waals surface area contributed by atoms with Crippen LogP contribution >= 0.6 is 0 Å². The molecule has 0 saturated heterocycles. The van der Waals surface area contributed by atoms with E-state index in [2.05, 4.69) is 15.3 Å². The second kappa shape index (κ2) is 6.43. The number of rotatable bonds is 4. The van der Waals surface area contributed by atoms with E-state index in [4.69, 9.17) is 0 Å². The molecule has 0 radical (unpaired) electrons. The zero-order chi connectivity index (χ0) is 18.1. The lowest BCUT2D eigenvalue weighted by molar-refractivity contribution is 0.0916. The summed E-state index contributed by atoms with van der Waals surface area (Å²) < 4.78 is 1.24. The maximum absolute atomic E-state index is 12.6. The largest absolute Gasteiger partial charge is 0.505 e. The molecule has 3 rings (SSSR count). The third kappa shape index (κ3) is 3.00. The molecule has 0 aliphatic rings. The molecular weight excluding hydrogens is 320 g/mol. The van der Waals surface area contributed by atoms with Gasteiger partial charge < -0.3 is 15.4 Å². The number of hydrogen-bond donors (Lipinski definition) is 3. The number of phenols is 1.